The van der Waals surface area contributed by atoms with Crippen molar-refractivity contribution in [1.29, 1.82) is 0 Å². The smallest absolute Gasteiger partial charge is 0.115 e. The topological polar surface area (TPSA) is 69.6 Å². The van der Waals surface area contributed by atoms with E-state index in [1.165, 1.54) is 4.88 Å². The molecule has 0 bridgehead atoms. The Kier molecular flexibility index (Phi) is 4.08. The van der Waals surface area contributed by atoms with E-state index in [1.807, 2.05) is 17.8 Å². The Bertz CT molecular complexity index is 497. The molecule has 18 heavy (non-hydrogen) atoms. The zero-order valence-electron chi connectivity index (χ0n) is 11.1. The maximum absolute atomic E-state index is 6.01. The van der Waals surface area contributed by atoms with E-state index in [0.717, 1.165) is 29.2 Å². The van der Waals surface area contributed by atoms with Crippen molar-refractivity contribution in [3.8, 4) is 0 Å². The van der Waals surface area contributed by atoms with E-state index in [0.29, 0.717) is 6.54 Å². The summed E-state index contributed by atoms with van der Waals surface area (Å²) in [6.07, 6.45) is 3.92. The minimum Gasteiger partial charge on any atom is -0.323 e. The number of aryl methyl sites for hydroxylation is 2. The first-order valence-corrected chi connectivity index (χ1v) is 7.00. The van der Waals surface area contributed by atoms with Crippen molar-refractivity contribution in [3.05, 3.63) is 27.5 Å². The molecule has 0 amide bonds. The van der Waals surface area contributed by atoms with E-state index in [-0.39, 0.29) is 6.04 Å². The number of nitrogens with two attached hydrogens (primary N) is 1. The van der Waals surface area contributed by atoms with Crippen molar-refractivity contribution < 1.29 is 0 Å². The number of rotatable bonds is 5. The first kappa shape index (κ1) is 13.2. The summed E-state index contributed by atoms with van der Waals surface area (Å²) in [5.74, 6) is 0. The molecule has 0 fully saturated rings. The van der Waals surface area contributed by atoms with E-state index in [2.05, 4.69) is 29.1 Å². The van der Waals surface area contributed by atoms with Gasteiger partial charge in [-0.25, -0.2) is 9.67 Å². The van der Waals surface area contributed by atoms with Crippen LogP contribution in [0.25, 0.3) is 0 Å². The largest absolute Gasteiger partial charge is 0.323 e. The maximum atomic E-state index is 6.01. The van der Waals surface area contributed by atoms with Crippen molar-refractivity contribution in [1.82, 2.24) is 20.0 Å². The molecule has 2 aromatic heterocycles. The van der Waals surface area contributed by atoms with Crippen LogP contribution in [-0.4, -0.2) is 20.0 Å². The Hall–Kier alpha value is -1.27. The fourth-order valence-corrected chi connectivity index (χ4v) is 2.69. The summed E-state index contributed by atoms with van der Waals surface area (Å²) >= 11 is 1.71. The molecule has 1 unspecified atom stereocenters. The van der Waals surface area contributed by atoms with Gasteiger partial charge in [0.1, 0.15) is 5.01 Å². The number of aromatic nitrogens is 4. The third kappa shape index (κ3) is 2.94. The lowest BCUT2D eigenvalue weighted by Gasteiger charge is -2.04. The summed E-state index contributed by atoms with van der Waals surface area (Å²) in [6, 6.07) is -0.0106. The van der Waals surface area contributed by atoms with Gasteiger partial charge in [0.2, 0.25) is 0 Å². The molecular formula is C12H19N5S. The molecule has 6 heteroatoms. The van der Waals surface area contributed by atoms with Crippen LogP contribution in [-0.2, 0) is 6.54 Å². The summed E-state index contributed by atoms with van der Waals surface area (Å²) in [5, 5.41) is 9.29. The minimum atomic E-state index is -0.0106. The molecule has 0 saturated carbocycles. The number of nitrogens with zero attached hydrogens (tertiary/aromatic N) is 4. The van der Waals surface area contributed by atoms with E-state index >= 15 is 0 Å². The monoisotopic (exact) mass is 265 g/mol. The zero-order valence-corrected chi connectivity index (χ0v) is 11.9. The van der Waals surface area contributed by atoms with E-state index in [4.69, 9.17) is 5.73 Å². The lowest BCUT2D eigenvalue weighted by molar-refractivity contribution is 0.617. The second kappa shape index (κ2) is 5.58. The second-order valence-corrected chi connectivity index (χ2v) is 5.77. The fourth-order valence-electron chi connectivity index (χ4n) is 1.76. The van der Waals surface area contributed by atoms with Gasteiger partial charge < -0.3 is 5.73 Å². The van der Waals surface area contributed by atoms with Crippen LogP contribution in [0.4, 0.5) is 0 Å². The van der Waals surface area contributed by atoms with Crippen molar-refractivity contribution >= 4 is 11.3 Å². The Morgan fingerprint density at radius 2 is 2.22 bits per heavy atom. The molecule has 2 N–H and O–H groups in total. The normalized spacial score (nSPS) is 12.9. The van der Waals surface area contributed by atoms with Gasteiger partial charge in [-0.3, -0.25) is 0 Å². The van der Waals surface area contributed by atoms with Crippen molar-refractivity contribution in [2.75, 3.05) is 0 Å². The van der Waals surface area contributed by atoms with Crippen LogP contribution in [0.15, 0.2) is 6.20 Å². The third-order valence-electron chi connectivity index (χ3n) is 2.91. The van der Waals surface area contributed by atoms with E-state index in [9.17, 15) is 0 Å². The van der Waals surface area contributed by atoms with Gasteiger partial charge in [0.25, 0.3) is 0 Å². The summed E-state index contributed by atoms with van der Waals surface area (Å²) in [4.78, 5) is 5.75. The molecule has 0 radical (unpaired) electrons. The molecule has 2 aromatic rings. The fraction of sp³-hybridized carbons (Fsp3) is 0.583. The molecule has 0 saturated heterocycles. The lowest BCUT2D eigenvalue weighted by Crippen LogP contribution is -2.10. The zero-order chi connectivity index (χ0) is 13.1. The van der Waals surface area contributed by atoms with Crippen LogP contribution in [0.3, 0.4) is 0 Å². The predicted molar refractivity (Wildman–Crippen MR) is 72.5 cm³/mol. The maximum Gasteiger partial charge on any atom is 0.115 e. The Morgan fingerprint density at radius 1 is 1.44 bits per heavy atom. The summed E-state index contributed by atoms with van der Waals surface area (Å²) in [6.45, 7) is 6.90. The molecule has 0 aliphatic heterocycles. The summed E-state index contributed by atoms with van der Waals surface area (Å²) in [7, 11) is 0. The molecule has 1 atom stereocenters. The molecule has 2 heterocycles. The standard InChI is InChI=1S/C12H19N5S/c1-4-5-10(13)11-6-17(16-15-11)7-12-14-8(2)9(3)18-12/h6,10H,4-5,7,13H2,1-3H3. The van der Waals surface area contributed by atoms with Crippen molar-refractivity contribution in [3.63, 3.8) is 0 Å². The Morgan fingerprint density at radius 3 is 2.83 bits per heavy atom. The highest BCUT2D eigenvalue weighted by molar-refractivity contribution is 7.11. The first-order chi connectivity index (χ1) is 8.60. The Labute approximate surface area is 111 Å². The van der Waals surface area contributed by atoms with E-state index in [1.54, 1.807) is 11.3 Å². The summed E-state index contributed by atoms with van der Waals surface area (Å²) in [5.41, 5.74) is 7.97. The third-order valence-corrected chi connectivity index (χ3v) is 3.96. The highest BCUT2D eigenvalue weighted by Gasteiger charge is 2.11. The SMILES string of the molecule is CCCC(N)c1cn(Cc2nc(C)c(C)s2)nn1. The quantitative estimate of drug-likeness (QED) is 0.899. The van der Waals surface area contributed by atoms with Crippen LogP contribution in [0.2, 0.25) is 0 Å². The number of thiazole rings is 1. The Balaban J connectivity index is 2.06. The van der Waals surface area contributed by atoms with Gasteiger partial charge in [-0.2, -0.15) is 0 Å². The van der Waals surface area contributed by atoms with Crippen molar-refractivity contribution in [2.45, 2.75) is 46.2 Å². The average Bonchev–Trinajstić information content (AvgIpc) is 2.88. The predicted octanol–water partition coefficient (Wildman–Crippen LogP) is 2.20. The van der Waals surface area contributed by atoms with Gasteiger partial charge in [0, 0.05) is 4.88 Å². The van der Waals surface area contributed by atoms with E-state index < -0.39 is 0 Å². The molecule has 0 spiro atoms. The first-order valence-electron chi connectivity index (χ1n) is 6.18. The number of hydrogen-bond donors (Lipinski definition) is 1. The van der Waals surface area contributed by atoms with Crippen LogP contribution in [0, 0.1) is 13.8 Å². The summed E-state index contributed by atoms with van der Waals surface area (Å²) < 4.78 is 1.81. The van der Waals surface area contributed by atoms with Gasteiger partial charge >= 0.3 is 0 Å². The molecular weight excluding hydrogens is 246 g/mol. The van der Waals surface area contributed by atoms with Crippen molar-refractivity contribution in [2.24, 2.45) is 5.73 Å². The molecule has 5 nitrogen and oxygen atoms in total. The van der Waals surface area contributed by atoms with Crippen LogP contribution >= 0.6 is 11.3 Å². The molecule has 98 valence electrons. The molecule has 0 aliphatic rings. The molecule has 2 rings (SSSR count). The van der Waals surface area contributed by atoms with Crippen LogP contribution in [0.5, 0.6) is 0 Å². The number of hydrogen-bond acceptors (Lipinski definition) is 5. The minimum absolute atomic E-state index is 0.0106. The highest BCUT2D eigenvalue weighted by Crippen LogP contribution is 2.18. The average molecular weight is 265 g/mol. The van der Waals surface area contributed by atoms with Gasteiger partial charge in [-0.1, -0.05) is 18.6 Å². The van der Waals surface area contributed by atoms with Gasteiger partial charge in [0.15, 0.2) is 0 Å². The molecule has 0 aromatic carbocycles. The van der Waals surface area contributed by atoms with Gasteiger partial charge in [-0.15, -0.1) is 16.4 Å². The highest BCUT2D eigenvalue weighted by atomic mass is 32.1. The van der Waals surface area contributed by atoms with Gasteiger partial charge in [-0.05, 0) is 20.3 Å². The van der Waals surface area contributed by atoms with Gasteiger partial charge in [0.05, 0.1) is 30.2 Å². The lowest BCUT2D eigenvalue weighted by atomic mass is 10.1. The van der Waals surface area contributed by atoms with Crippen LogP contribution < -0.4 is 5.73 Å². The second-order valence-electron chi connectivity index (χ2n) is 4.49. The molecule has 0 aliphatic carbocycles. The van der Waals surface area contributed by atoms with Crippen LogP contribution in [0.1, 0.15) is 47.1 Å².